The zero-order valence-corrected chi connectivity index (χ0v) is 14.7. The Morgan fingerprint density at radius 1 is 1.12 bits per heavy atom. The van der Waals surface area contributed by atoms with E-state index in [-0.39, 0.29) is 5.56 Å². The number of hydrogen-bond donors (Lipinski definition) is 0. The van der Waals surface area contributed by atoms with Gasteiger partial charge < -0.3 is 4.74 Å². The van der Waals surface area contributed by atoms with Crippen LogP contribution in [-0.2, 0) is 6.18 Å². The van der Waals surface area contributed by atoms with E-state index >= 15 is 0 Å². The van der Waals surface area contributed by atoms with Gasteiger partial charge in [-0.1, -0.05) is 39.0 Å². The molecule has 0 atom stereocenters. The number of hydrogen-bond acceptors (Lipinski definition) is 3. The van der Waals surface area contributed by atoms with Gasteiger partial charge >= 0.3 is 6.18 Å². The number of benzene rings is 1. The Balaban J connectivity index is 1.97. The van der Waals surface area contributed by atoms with Crippen LogP contribution in [0.5, 0.6) is 5.75 Å². The summed E-state index contributed by atoms with van der Waals surface area (Å²) in [4.78, 5) is 0. The highest BCUT2D eigenvalue weighted by molar-refractivity contribution is 5.50. The van der Waals surface area contributed by atoms with Gasteiger partial charge in [-0.2, -0.15) is 23.5 Å². The zero-order valence-electron chi connectivity index (χ0n) is 14.7. The maximum absolute atomic E-state index is 12.6. The molecule has 0 saturated carbocycles. The molecule has 0 aliphatic carbocycles. The standard InChI is InChI=1S/C19H22F3N3O/c1-2-3-4-5-6-7-12-26-17-9-8-16(13-15(17)14-23)25-11-10-18(24-25)19(20,21)22/h8-11,13H,2-7,12H2,1H3. The number of alkyl halides is 3. The van der Waals surface area contributed by atoms with Gasteiger partial charge in [-0.15, -0.1) is 0 Å². The molecular formula is C19H22F3N3O. The van der Waals surface area contributed by atoms with Crippen LogP contribution in [0.1, 0.15) is 56.7 Å². The van der Waals surface area contributed by atoms with Gasteiger partial charge in [0.05, 0.1) is 17.9 Å². The maximum atomic E-state index is 12.6. The number of nitriles is 1. The molecule has 140 valence electrons. The molecule has 2 aromatic rings. The number of unbranched alkanes of at least 4 members (excludes halogenated alkanes) is 5. The van der Waals surface area contributed by atoms with E-state index in [1.807, 2.05) is 6.07 Å². The molecule has 2 rings (SSSR count). The van der Waals surface area contributed by atoms with Gasteiger partial charge in [0.15, 0.2) is 5.69 Å². The Labute approximate surface area is 151 Å². The van der Waals surface area contributed by atoms with E-state index in [1.165, 1.54) is 37.9 Å². The first-order chi connectivity index (χ1) is 12.5. The lowest BCUT2D eigenvalue weighted by Crippen LogP contribution is -2.07. The highest BCUT2D eigenvalue weighted by Crippen LogP contribution is 2.28. The van der Waals surface area contributed by atoms with Crippen LogP contribution in [0, 0.1) is 11.3 Å². The summed E-state index contributed by atoms with van der Waals surface area (Å²) in [6.45, 7) is 2.68. The zero-order chi connectivity index (χ0) is 19.0. The Morgan fingerprint density at radius 3 is 2.50 bits per heavy atom. The Hall–Kier alpha value is -2.49. The normalized spacial score (nSPS) is 11.3. The first kappa shape index (κ1) is 19.8. The molecule has 0 unspecified atom stereocenters. The topological polar surface area (TPSA) is 50.8 Å². The van der Waals surface area contributed by atoms with Crippen LogP contribution >= 0.6 is 0 Å². The third-order valence-electron chi connectivity index (χ3n) is 3.98. The summed E-state index contributed by atoms with van der Waals surface area (Å²) in [5, 5.41) is 12.8. The van der Waals surface area contributed by atoms with E-state index in [4.69, 9.17) is 4.74 Å². The highest BCUT2D eigenvalue weighted by atomic mass is 19.4. The van der Waals surface area contributed by atoms with Gasteiger partial charge in [0.2, 0.25) is 0 Å². The fraction of sp³-hybridized carbons (Fsp3) is 0.474. The lowest BCUT2D eigenvalue weighted by atomic mass is 10.1. The van der Waals surface area contributed by atoms with Gasteiger partial charge in [0.25, 0.3) is 0 Å². The summed E-state index contributed by atoms with van der Waals surface area (Å²) in [5.41, 5.74) is -0.319. The minimum Gasteiger partial charge on any atom is -0.492 e. The molecule has 0 amide bonds. The molecule has 26 heavy (non-hydrogen) atoms. The van der Waals surface area contributed by atoms with E-state index in [2.05, 4.69) is 12.0 Å². The van der Waals surface area contributed by atoms with Crippen molar-refractivity contribution >= 4 is 0 Å². The minimum absolute atomic E-state index is 0.276. The molecule has 0 aliphatic heterocycles. The summed E-state index contributed by atoms with van der Waals surface area (Å²) in [6.07, 6.45) is 3.54. The van der Waals surface area contributed by atoms with E-state index in [0.29, 0.717) is 18.0 Å². The summed E-state index contributed by atoms with van der Waals surface area (Å²) >= 11 is 0. The van der Waals surface area contributed by atoms with Gasteiger partial charge in [0, 0.05) is 6.20 Å². The van der Waals surface area contributed by atoms with Crippen molar-refractivity contribution in [2.75, 3.05) is 6.61 Å². The van der Waals surface area contributed by atoms with Crippen LogP contribution in [0.25, 0.3) is 5.69 Å². The summed E-state index contributed by atoms with van der Waals surface area (Å²) < 4.78 is 44.7. The quantitative estimate of drug-likeness (QED) is 0.551. The highest BCUT2D eigenvalue weighted by Gasteiger charge is 2.33. The predicted molar refractivity (Wildman–Crippen MR) is 92.2 cm³/mol. The van der Waals surface area contributed by atoms with Crippen LogP contribution in [0.3, 0.4) is 0 Å². The van der Waals surface area contributed by atoms with Gasteiger partial charge in [-0.3, -0.25) is 0 Å². The number of halogens is 3. The van der Waals surface area contributed by atoms with Crippen molar-refractivity contribution in [1.29, 1.82) is 5.26 Å². The molecule has 0 N–H and O–H groups in total. The van der Waals surface area contributed by atoms with Crippen LogP contribution in [0.2, 0.25) is 0 Å². The van der Waals surface area contributed by atoms with Crippen molar-refractivity contribution in [2.24, 2.45) is 0 Å². The van der Waals surface area contributed by atoms with Gasteiger partial charge in [-0.25, -0.2) is 4.68 Å². The van der Waals surface area contributed by atoms with Crippen molar-refractivity contribution in [2.45, 2.75) is 51.6 Å². The molecule has 1 heterocycles. The average Bonchev–Trinajstić information content (AvgIpc) is 3.11. The number of ether oxygens (including phenoxy) is 1. The van der Waals surface area contributed by atoms with E-state index in [9.17, 15) is 18.4 Å². The van der Waals surface area contributed by atoms with Crippen LogP contribution < -0.4 is 4.74 Å². The van der Waals surface area contributed by atoms with Crippen molar-refractivity contribution in [3.05, 3.63) is 41.7 Å². The molecule has 0 radical (unpaired) electrons. The first-order valence-electron chi connectivity index (χ1n) is 8.76. The lowest BCUT2D eigenvalue weighted by Gasteiger charge is -2.10. The van der Waals surface area contributed by atoms with Crippen LogP contribution in [-0.4, -0.2) is 16.4 Å². The first-order valence-corrected chi connectivity index (χ1v) is 8.76. The third kappa shape index (κ3) is 5.51. The fourth-order valence-corrected chi connectivity index (χ4v) is 2.56. The fourth-order valence-electron chi connectivity index (χ4n) is 2.56. The Morgan fingerprint density at radius 2 is 1.85 bits per heavy atom. The van der Waals surface area contributed by atoms with E-state index in [0.717, 1.165) is 23.6 Å². The molecule has 1 aromatic carbocycles. The molecule has 0 fully saturated rings. The summed E-state index contributed by atoms with van der Waals surface area (Å²) in [7, 11) is 0. The smallest absolute Gasteiger partial charge is 0.435 e. The second-order valence-corrected chi connectivity index (χ2v) is 6.05. The molecule has 0 bridgehead atoms. The molecule has 0 aliphatic rings. The lowest BCUT2D eigenvalue weighted by molar-refractivity contribution is -0.141. The van der Waals surface area contributed by atoms with E-state index in [1.54, 1.807) is 12.1 Å². The minimum atomic E-state index is -4.50. The monoisotopic (exact) mass is 365 g/mol. The largest absolute Gasteiger partial charge is 0.492 e. The number of aromatic nitrogens is 2. The molecule has 7 heteroatoms. The van der Waals surface area contributed by atoms with Crippen molar-refractivity contribution in [3.8, 4) is 17.5 Å². The molecule has 4 nitrogen and oxygen atoms in total. The van der Waals surface area contributed by atoms with Gasteiger partial charge in [-0.05, 0) is 30.7 Å². The van der Waals surface area contributed by atoms with Crippen molar-refractivity contribution in [3.63, 3.8) is 0 Å². The molecule has 0 spiro atoms. The molecular weight excluding hydrogens is 343 g/mol. The molecule has 1 aromatic heterocycles. The van der Waals surface area contributed by atoms with E-state index < -0.39 is 11.9 Å². The number of rotatable bonds is 9. The molecule has 0 saturated heterocycles. The second-order valence-electron chi connectivity index (χ2n) is 6.05. The Kier molecular flexibility index (Phi) is 7.07. The van der Waals surface area contributed by atoms with Crippen LogP contribution in [0.4, 0.5) is 13.2 Å². The number of nitrogens with zero attached hydrogens (tertiary/aromatic N) is 3. The maximum Gasteiger partial charge on any atom is 0.435 e. The van der Waals surface area contributed by atoms with Gasteiger partial charge in [0.1, 0.15) is 11.8 Å². The SMILES string of the molecule is CCCCCCCCOc1ccc(-n2ccc(C(F)(F)F)n2)cc1C#N. The Bertz CT molecular complexity index is 747. The summed E-state index contributed by atoms with van der Waals surface area (Å²) in [5.74, 6) is 0.438. The van der Waals surface area contributed by atoms with Crippen LogP contribution in [0.15, 0.2) is 30.5 Å². The predicted octanol–water partition coefficient (Wildman–Crippen LogP) is 5.50. The second kappa shape index (κ2) is 9.27. The third-order valence-corrected chi connectivity index (χ3v) is 3.98. The average molecular weight is 365 g/mol. The van der Waals surface area contributed by atoms with Crippen molar-refractivity contribution in [1.82, 2.24) is 9.78 Å². The summed E-state index contributed by atoms with van der Waals surface area (Å²) in [6, 6.07) is 7.58. The van der Waals surface area contributed by atoms with Crippen molar-refractivity contribution < 1.29 is 17.9 Å².